The van der Waals surface area contributed by atoms with Crippen LogP contribution in [0, 0.1) is 0 Å². The molecular formula is C19H22ClN3O4. The quantitative estimate of drug-likeness (QED) is 0.818. The van der Waals surface area contributed by atoms with Gasteiger partial charge in [-0.05, 0) is 37.1 Å². The van der Waals surface area contributed by atoms with Crippen LogP contribution in [0.2, 0.25) is 5.02 Å². The zero-order valence-corrected chi connectivity index (χ0v) is 16.0. The molecule has 27 heavy (non-hydrogen) atoms. The summed E-state index contributed by atoms with van der Waals surface area (Å²) in [7, 11) is 1.62. The van der Waals surface area contributed by atoms with Gasteiger partial charge >= 0.3 is 0 Å². The van der Waals surface area contributed by atoms with E-state index in [1.54, 1.807) is 36.3 Å². The van der Waals surface area contributed by atoms with Crippen molar-refractivity contribution in [2.75, 3.05) is 20.2 Å². The van der Waals surface area contributed by atoms with Crippen LogP contribution in [0.4, 0.5) is 0 Å². The topological polar surface area (TPSA) is 84.7 Å². The lowest BCUT2D eigenvalue weighted by atomic mass is 10.1. The first-order valence-electron chi connectivity index (χ1n) is 8.84. The molecule has 0 aliphatic carbocycles. The van der Waals surface area contributed by atoms with E-state index in [2.05, 4.69) is 10.5 Å². The van der Waals surface area contributed by atoms with E-state index in [1.807, 2.05) is 6.92 Å². The maximum atomic E-state index is 12.9. The van der Waals surface area contributed by atoms with Gasteiger partial charge < -0.3 is 19.5 Å². The monoisotopic (exact) mass is 391 g/mol. The Balaban J connectivity index is 1.69. The number of methoxy groups -OCH3 is 1. The molecule has 2 atom stereocenters. The number of hydrogen-bond acceptors (Lipinski definition) is 5. The minimum atomic E-state index is -0.212. The molecule has 0 radical (unpaired) electrons. The summed E-state index contributed by atoms with van der Waals surface area (Å²) in [6, 6.07) is 6.48. The molecule has 1 aromatic heterocycles. The van der Waals surface area contributed by atoms with Gasteiger partial charge in [0.1, 0.15) is 6.26 Å². The number of ether oxygens (including phenoxy) is 1. The molecule has 1 aliphatic rings. The van der Waals surface area contributed by atoms with E-state index in [0.717, 1.165) is 5.56 Å². The summed E-state index contributed by atoms with van der Waals surface area (Å²) < 4.78 is 10.4. The lowest BCUT2D eigenvalue weighted by Crippen LogP contribution is -2.43. The molecule has 1 saturated heterocycles. The molecule has 0 unspecified atom stereocenters. The van der Waals surface area contributed by atoms with Crippen LogP contribution < -0.4 is 5.32 Å². The standard InChI is InChI=1S/C19H22ClN3O4/c1-3-12-11-27-22-17(12)19(25)23-10-16(26-2)8-15(23)9-21-18(24)13-4-6-14(20)7-5-13/h4-7,11,15-16H,3,8-10H2,1-2H3,(H,21,24)/t15-,16-/m0/s1. The number of nitrogens with zero attached hydrogens (tertiary/aromatic N) is 2. The van der Waals surface area contributed by atoms with Crippen LogP contribution in [0.5, 0.6) is 0 Å². The Labute approximate surface area is 162 Å². The van der Waals surface area contributed by atoms with E-state index >= 15 is 0 Å². The van der Waals surface area contributed by atoms with Gasteiger partial charge in [-0.25, -0.2) is 0 Å². The Kier molecular flexibility index (Phi) is 6.13. The van der Waals surface area contributed by atoms with Gasteiger partial charge in [0.25, 0.3) is 11.8 Å². The first-order valence-corrected chi connectivity index (χ1v) is 9.22. The number of amides is 2. The second-order valence-corrected chi connectivity index (χ2v) is 6.90. The SMILES string of the molecule is CCc1conc1C(=O)N1C[C@@H](OC)C[C@H]1CNC(=O)c1ccc(Cl)cc1. The van der Waals surface area contributed by atoms with Gasteiger partial charge in [-0.15, -0.1) is 0 Å². The molecule has 0 bridgehead atoms. The summed E-state index contributed by atoms with van der Waals surface area (Å²) >= 11 is 5.85. The number of benzene rings is 1. The summed E-state index contributed by atoms with van der Waals surface area (Å²) in [4.78, 5) is 27.0. The van der Waals surface area contributed by atoms with E-state index in [4.69, 9.17) is 20.9 Å². The third kappa shape index (κ3) is 4.31. The van der Waals surface area contributed by atoms with Crippen molar-refractivity contribution in [2.45, 2.75) is 31.9 Å². The van der Waals surface area contributed by atoms with Crippen LogP contribution in [0.1, 0.15) is 39.8 Å². The van der Waals surface area contributed by atoms with Crippen LogP contribution in [0.25, 0.3) is 0 Å². The van der Waals surface area contributed by atoms with E-state index in [0.29, 0.717) is 42.2 Å². The predicted molar refractivity (Wildman–Crippen MR) is 99.9 cm³/mol. The van der Waals surface area contributed by atoms with Gasteiger partial charge in [-0.2, -0.15) is 0 Å². The van der Waals surface area contributed by atoms with E-state index in [1.165, 1.54) is 6.26 Å². The average molecular weight is 392 g/mol. The van der Waals surface area contributed by atoms with Crippen LogP contribution in [-0.4, -0.2) is 54.2 Å². The van der Waals surface area contributed by atoms with Crippen molar-refractivity contribution >= 4 is 23.4 Å². The minimum absolute atomic E-state index is 0.0802. The first kappa shape index (κ1) is 19.4. The molecule has 8 heteroatoms. The molecule has 1 fully saturated rings. The number of carbonyl (C=O) groups is 2. The minimum Gasteiger partial charge on any atom is -0.380 e. The van der Waals surface area contributed by atoms with Crippen molar-refractivity contribution in [3.63, 3.8) is 0 Å². The summed E-state index contributed by atoms with van der Waals surface area (Å²) in [6.07, 6.45) is 2.71. The largest absolute Gasteiger partial charge is 0.380 e. The van der Waals surface area contributed by atoms with Gasteiger partial charge in [0.2, 0.25) is 0 Å². The Morgan fingerprint density at radius 1 is 1.37 bits per heavy atom. The highest BCUT2D eigenvalue weighted by Gasteiger charge is 2.37. The van der Waals surface area contributed by atoms with Gasteiger partial charge in [0.15, 0.2) is 5.69 Å². The molecule has 3 rings (SSSR count). The molecule has 1 N–H and O–H groups in total. The normalized spacial score (nSPS) is 19.3. The molecular weight excluding hydrogens is 370 g/mol. The van der Waals surface area contributed by atoms with Crippen molar-refractivity contribution in [1.82, 2.24) is 15.4 Å². The summed E-state index contributed by atoms with van der Waals surface area (Å²) in [5.41, 5.74) is 1.61. The van der Waals surface area contributed by atoms with Crippen LogP contribution in [-0.2, 0) is 11.2 Å². The molecule has 1 aliphatic heterocycles. The number of carbonyl (C=O) groups excluding carboxylic acids is 2. The summed E-state index contributed by atoms with van der Waals surface area (Å²) in [5, 5.41) is 7.32. The highest BCUT2D eigenvalue weighted by Crippen LogP contribution is 2.23. The molecule has 7 nitrogen and oxygen atoms in total. The second kappa shape index (κ2) is 8.54. The number of aryl methyl sites for hydroxylation is 1. The predicted octanol–water partition coefficient (Wildman–Crippen LogP) is 2.55. The number of rotatable bonds is 6. The van der Waals surface area contributed by atoms with Crippen molar-refractivity contribution in [3.8, 4) is 0 Å². The van der Waals surface area contributed by atoms with Crippen LogP contribution in [0.15, 0.2) is 35.1 Å². The van der Waals surface area contributed by atoms with Gasteiger partial charge in [0.05, 0.1) is 12.1 Å². The zero-order valence-electron chi connectivity index (χ0n) is 15.3. The zero-order chi connectivity index (χ0) is 19.4. The summed E-state index contributed by atoms with van der Waals surface area (Å²) in [6.45, 7) is 2.72. The smallest absolute Gasteiger partial charge is 0.276 e. The summed E-state index contributed by atoms with van der Waals surface area (Å²) in [5.74, 6) is -0.415. The highest BCUT2D eigenvalue weighted by atomic mass is 35.5. The third-order valence-corrected chi connectivity index (χ3v) is 5.05. The van der Waals surface area contributed by atoms with Gasteiger partial charge in [0, 0.05) is 36.3 Å². The number of likely N-dealkylation sites (tertiary alicyclic amines) is 1. The maximum absolute atomic E-state index is 12.9. The van der Waals surface area contributed by atoms with E-state index in [9.17, 15) is 9.59 Å². The number of nitrogens with one attached hydrogen (secondary N) is 1. The maximum Gasteiger partial charge on any atom is 0.276 e. The first-order chi connectivity index (χ1) is 13.0. The molecule has 0 saturated carbocycles. The molecule has 0 spiro atoms. The highest BCUT2D eigenvalue weighted by molar-refractivity contribution is 6.30. The fourth-order valence-corrected chi connectivity index (χ4v) is 3.35. The fourth-order valence-electron chi connectivity index (χ4n) is 3.22. The Morgan fingerprint density at radius 3 is 2.78 bits per heavy atom. The average Bonchev–Trinajstić information content (AvgIpc) is 3.32. The Bertz CT molecular complexity index is 806. The lowest BCUT2D eigenvalue weighted by Gasteiger charge is -2.24. The Morgan fingerprint density at radius 2 is 2.11 bits per heavy atom. The number of hydrogen-bond donors (Lipinski definition) is 1. The molecule has 2 heterocycles. The van der Waals surface area contributed by atoms with Crippen molar-refractivity contribution in [3.05, 3.63) is 52.4 Å². The Hall–Kier alpha value is -2.38. The molecule has 2 amide bonds. The van der Waals surface area contributed by atoms with E-state index < -0.39 is 0 Å². The van der Waals surface area contributed by atoms with Crippen LogP contribution in [0.3, 0.4) is 0 Å². The van der Waals surface area contributed by atoms with Gasteiger partial charge in [-0.1, -0.05) is 23.7 Å². The van der Waals surface area contributed by atoms with Gasteiger partial charge in [-0.3, -0.25) is 9.59 Å². The van der Waals surface area contributed by atoms with Crippen molar-refractivity contribution in [1.29, 1.82) is 0 Å². The fraction of sp³-hybridized carbons (Fsp3) is 0.421. The van der Waals surface area contributed by atoms with Crippen molar-refractivity contribution < 1.29 is 18.8 Å². The molecule has 1 aromatic carbocycles. The van der Waals surface area contributed by atoms with E-state index in [-0.39, 0.29) is 24.0 Å². The number of aromatic nitrogens is 1. The molecule has 144 valence electrons. The lowest BCUT2D eigenvalue weighted by molar-refractivity contribution is 0.0672. The van der Waals surface area contributed by atoms with Crippen molar-refractivity contribution in [2.24, 2.45) is 0 Å². The third-order valence-electron chi connectivity index (χ3n) is 4.80. The van der Waals surface area contributed by atoms with Crippen LogP contribution >= 0.6 is 11.6 Å². The number of halogens is 1. The second-order valence-electron chi connectivity index (χ2n) is 6.46. The molecule has 2 aromatic rings.